The van der Waals surface area contributed by atoms with Gasteiger partial charge in [-0.05, 0) is 36.5 Å². The van der Waals surface area contributed by atoms with Gasteiger partial charge in [0.05, 0.1) is 5.56 Å². The first-order valence-corrected chi connectivity index (χ1v) is 10.2. The lowest BCUT2D eigenvalue weighted by Gasteiger charge is -2.15. The van der Waals surface area contributed by atoms with E-state index in [0.717, 1.165) is 24.2 Å². The summed E-state index contributed by atoms with van der Waals surface area (Å²) in [7, 11) is 1.59. The fraction of sp³-hybridized carbons (Fsp3) is 0.391. The molecule has 2 amide bonds. The highest BCUT2D eigenvalue weighted by Crippen LogP contribution is 2.45. The number of carbonyl (C=O) groups is 2. The summed E-state index contributed by atoms with van der Waals surface area (Å²) in [4.78, 5) is 25.6. The first-order chi connectivity index (χ1) is 14.1. The summed E-state index contributed by atoms with van der Waals surface area (Å²) in [6.45, 7) is 3.93. The maximum atomic E-state index is 13.0. The molecule has 1 saturated carbocycles. The Balaban J connectivity index is 1.53. The fourth-order valence-corrected chi connectivity index (χ4v) is 4.93. The molecule has 2 aliphatic heterocycles. The molecule has 2 fully saturated rings. The lowest BCUT2D eigenvalue weighted by molar-refractivity contribution is 0.0946. The van der Waals surface area contributed by atoms with Crippen LogP contribution >= 0.6 is 0 Å². The molecule has 1 aliphatic carbocycles. The highest BCUT2D eigenvalue weighted by Gasteiger charge is 2.53. The molecule has 150 valence electrons. The molecule has 2 aromatic carbocycles. The van der Waals surface area contributed by atoms with E-state index in [9.17, 15) is 9.59 Å². The van der Waals surface area contributed by atoms with Crippen LogP contribution < -0.4 is 20.7 Å². The van der Waals surface area contributed by atoms with Crippen LogP contribution in [0.5, 0.6) is 5.75 Å². The van der Waals surface area contributed by atoms with E-state index in [1.165, 1.54) is 0 Å². The van der Waals surface area contributed by atoms with Gasteiger partial charge in [-0.15, -0.1) is 0 Å². The van der Waals surface area contributed by atoms with Crippen LogP contribution in [0.4, 0.5) is 0 Å². The number of hydrogen-bond donors (Lipinski definition) is 3. The maximum absolute atomic E-state index is 13.0. The van der Waals surface area contributed by atoms with Crippen molar-refractivity contribution in [3.8, 4) is 5.75 Å². The molecular formula is C23H25N3O3. The van der Waals surface area contributed by atoms with Gasteiger partial charge >= 0.3 is 0 Å². The fourth-order valence-electron chi connectivity index (χ4n) is 4.93. The van der Waals surface area contributed by atoms with E-state index in [2.05, 4.69) is 28.1 Å². The molecule has 0 bridgehead atoms. The van der Waals surface area contributed by atoms with E-state index < -0.39 is 0 Å². The van der Waals surface area contributed by atoms with E-state index in [1.807, 2.05) is 31.2 Å². The Morgan fingerprint density at radius 2 is 1.79 bits per heavy atom. The molecular weight excluding hydrogens is 366 g/mol. The number of hydrogen-bond acceptors (Lipinski definition) is 4. The molecule has 5 rings (SSSR count). The van der Waals surface area contributed by atoms with Crippen molar-refractivity contribution in [3.05, 3.63) is 64.7 Å². The molecule has 2 aromatic rings. The number of ether oxygens (including phenoxy) is 1. The molecule has 0 aromatic heterocycles. The van der Waals surface area contributed by atoms with Crippen LogP contribution in [0.15, 0.2) is 42.5 Å². The number of piperidine rings is 1. The normalized spacial score (nSPS) is 28.8. The van der Waals surface area contributed by atoms with Crippen LogP contribution in [0.2, 0.25) is 0 Å². The number of fused-ring (bicyclic) bond motifs is 2. The third kappa shape index (κ3) is 2.99. The molecule has 3 N–H and O–H groups in total. The molecule has 1 saturated heterocycles. The van der Waals surface area contributed by atoms with Gasteiger partial charge in [-0.25, -0.2) is 0 Å². The molecule has 2 heterocycles. The van der Waals surface area contributed by atoms with Gasteiger partial charge in [-0.1, -0.05) is 30.3 Å². The Hall–Kier alpha value is -2.86. The van der Waals surface area contributed by atoms with Crippen molar-refractivity contribution in [1.29, 1.82) is 0 Å². The van der Waals surface area contributed by atoms with Crippen LogP contribution in [-0.2, 0) is 0 Å². The second kappa shape index (κ2) is 6.88. The van der Waals surface area contributed by atoms with Gasteiger partial charge in [0.25, 0.3) is 11.8 Å². The van der Waals surface area contributed by atoms with Gasteiger partial charge in [0.15, 0.2) is 0 Å². The van der Waals surface area contributed by atoms with Crippen molar-refractivity contribution in [2.75, 3.05) is 20.1 Å². The zero-order chi connectivity index (χ0) is 20.1. The number of nitrogens with one attached hydrogen (secondary N) is 3. The highest BCUT2D eigenvalue weighted by atomic mass is 16.5. The zero-order valence-electron chi connectivity index (χ0n) is 16.6. The average molecular weight is 391 g/mol. The summed E-state index contributed by atoms with van der Waals surface area (Å²) in [5, 5.41) is 9.17. The number of amides is 2. The first-order valence-electron chi connectivity index (χ1n) is 10.2. The summed E-state index contributed by atoms with van der Waals surface area (Å²) in [5.41, 5.74) is 2.94. The van der Waals surface area contributed by atoms with Gasteiger partial charge in [-0.3, -0.25) is 9.59 Å². The van der Waals surface area contributed by atoms with Gasteiger partial charge in [-0.2, -0.15) is 0 Å². The number of rotatable bonds is 4. The molecule has 2 unspecified atom stereocenters. The molecule has 6 nitrogen and oxygen atoms in total. The molecule has 3 aliphatic rings. The van der Waals surface area contributed by atoms with Crippen LogP contribution in [0.25, 0.3) is 0 Å². The second-order valence-electron chi connectivity index (χ2n) is 8.22. The predicted molar refractivity (Wildman–Crippen MR) is 109 cm³/mol. The Morgan fingerprint density at radius 1 is 1.07 bits per heavy atom. The largest absolute Gasteiger partial charge is 0.489 e. The Morgan fingerprint density at radius 3 is 2.48 bits per heavy atom. The number of carbonyl (C=O) groups excluding carboxylic acids is 2. The first kappa shape index (κ1) is 18.2. The third-order valence-electron chi connectivity index (χ3n) is 6.51. The van der Waals surface area contributed by atoms with Crippen LogP contribution in [-0.4, -0.2) is 44.1 Å². The van der Waals surface area contributed by atoms with E-state index in [4.69, 9.17) is 4.74 Å². The lowest BCUT2D eigenvalue weighted by atomic mass is 9.87. The van der Waals surface area contributed by atoms with E-state index >= 15 is 0 Å². The van der Waals surface area contributed by atoms with Crippen molar-refractivity contribution in [2.24, 2.45) is 11.8 Å². The maximum Gasteiger partial charge on any atom is 0.254 e. The van der Waals surface area contributed by atoms with Crippen LogP contribution in [0.1, 0.15) is 44.7 Å². The molecule has 5 atom stereocenters. The van der Waals surface area contributed by atoms with Crippen LogP contribution in [0.3, 0.4) is 0 Å². The Labute approximate surface area is 170 Å². The molecule has 6 heteroatoms. The van der Waals surface area contributed by atoms with Gasteiger partial charge in [0.2, 0.25) is 0 Å². The smallest absolute Gasteiger partial charge is 0.254 e. The summed E-state index contributed by atoms with van der Waals surface area (Å²) >= 11 is 0. The second-order valence-corrected chi connectivity index (χ2v) is 8.22. The van der Waals surface area contributed by atoms with Gasteiger partial charge in [0, 0.05) is 43.2 Å². The van der Waals surface area contributed by atoms with Crippen molar-refractivity contribution >= 4 is 11.8 Å². The van der Waals surface area contributed by atoms with E-state index in [-0.39, 0.29) is 29.9 Å². The summed E-state index contributed by atoms with van der Waals surface area (Å²) in [5.74, 6) is 1.26. The summed E-state index contributed by atoms with van der Waals surface area (Å²) in [6.07, 6.45) is -0.122. The van der Waals surface area contributed by atoms with E-state index in [1.54, 1.807) is 13.1 Å². The van der Waals surface area contributed by atoms with Crippen molar-refractivity contribution in [3.63, 3.8) is 0 Å². The van der Waals surface area contributed by atoms with Crippen molar-refractivity contribution in [1.82, 2.24) is 16.0 Å². The topological polar surface area (TPSA) is 79.5 Å². The average Bonchev–Trinajstić information content (AvgIpc) is 3.08. The lowest BCUT2D eigenvalue weighted by Crippen LogP contribution is -2.32. The van der Waals surface area contributed by atoms with Gasteiger partial charge in [0.1, 0.15) is 11.9 Å². The third-order valence-corrected chi connectivity index (χ3v) is 6.51. The summed E-state index contributed by atoms with van der Waals surface area (Å²) < 4.78 is 6.12. The van der Waals surface area contributed by atoms with Crippen molar-refractivity contribution in [2.45, 2.75) is 25.0 Å². The minimum atomic E-state index is -0.246. The summed E-state index contributed by atoms with van der Waals surface area (Å²) in [6, 6.07) is 13.9. The standard InChI is InChI=1S/C23H25N3O3/c1-12-19(13-6-4-3-5-7-13)15-8-14(9-16(21(15)29-12)23(28)24-2)22(27)26-20-17-10-25-11-18(17)20/h3-9,12,17-20,25H,10-11H2,1-2H3,(H,24,28)(H,26,27)/t12-,17-,18?,19+,20?/m1/s1. The van der Waals surface area contributed by atoms with Crippen molar-refractivity contribution < 1.29 is 14.3 Å². The molecule has 0 spiro atoms. The quantitative estimate of drug-likeness (QED) is 0.744. The number of benzene rings is 2. The minimum Gasteiger partial charge on any atom is -0.489 e. The minimum absolute atomic E-state index is 0.0214. The Kier molecular flexibility index (Phi) is 4.32. The molecule has 29 heavy (non-hydrogen) atoms. The van der Waals surface area contributed by atoms with E-state index in [0.29, 0.717) is 28.7 Å². The Bertz CT molecular complexity index is 965. The predicted octanol–water partition coefficient (Wildman–Crippen LogP) is 1.91. The van der Waals surface area contributed by atoms with Gasteiger partial charge < -0.3 is 20.7 Å². The highest BCUT2D eigenvalue weighted by molar-refractivity contribution is 6.02. The molecule has 0 radical (unpaired) electrons. The SMILES string of the molecule is CNC(=O)c1cc(C(=O)NC2C3CNC[C@H]32)cc2c1O[C@H](C)[C@H]2c1ccccc1. The zero-order valence-corrected chi connectivity index (χ0v) is 16.6. The van der Waals surface area contributed by atoms with Crippen LogP contribution in [0, 0.1) is 11.8 Å². The monoisotopic (exact) mass is 391 g/mol.